The molecule has 1 aliphatic carbocycles. The van der Waals surface area contributed by atoms with E-state index >= 15 is 0 Å². The number of ketones is 1. The molecule has 1 rings (SSSR count). The molecule has 0 spiro atoms. The lowest BCUT2D eigenvalue weighted by Crippen LogP contribution is -2.07. The molecule has 0 aromatic heterocycles. The van der Waals surface area contributed by atoms with Crippen molar-refractivity contribution in [1.82, 2.24) is 0 Å². The van der Waals surface area contributed by atoms with Crippen LogP contribution in [0.25, 0.3) is 0 Å². The Morgan fingerprint density at radius 1 is 1.56 bits per heavy atom. The van der Waals surface area contributed by atoms with Crippen molar-refractivity contribution in [3.8, 4) is 0 Å². The second-order valence-electron chi connectivity index (χ2n) is 2.77. The highest BCUT2D eigenvalue weighted by atomic mass is 16.3. The third-order valence-electron chi connectivity index (χ3n) is 1.98. The molecule has 1 aliphatic rings. The van der Waals surface area contributed by atoms with Gasteiger partial charge in [-0.15, -0.1) is 0 Å². The van der Waals surface area contributed by atoms with Crippen molar-refractivity contribution in [2.45, 2.75) is 32.3 Å². The number of hydrogen-bond acceptors (Lipinski definition) is 2. The maximum Gasteiger partial charge on any atom is 0.133 e. The molecule has 0 radical (unpaired) electrons. The minimum Gasteiger partial charge on any atom is -0.393 e. The smallest absolute Gasteiger partial charge is 0.133 e. The van der Waals surface area contributed by atoms with Gasteiger partial charge < -0.3 is 5.11 Å². The molecule has 0 aromatic carbocycles. The summed E-state index contributed by atoms with van der Waals surface area (Å²) in [4.78, 5) is 10.7. The summed E-state index contributed by atoms with van der Waals surface area (Å²) in [5, 5.41) is 9.00. The van der Waals surface area contributed by atoms with Crippen LogP contribution in [-0.2, 0) is 4.79 Å². The Kier molecular flexibility index (Phi) is 1.86. The summed E-state index contributed by atoms with van der Waals surface area (Å²) in [6.07, 6.45) is 2.18. The van der Waals surface area contributed by atoms with E-state index in [4.69, 9.17) is 5.11 Å². The fourth-order valence-electron chi connectivity index (χ4n) is 1.33. The Morgan fingerprint density at radius 3 is 2.44 bits per heavy atom. The van der Waals surface area contributed by atoms with E-state index in [-0.39, 0.29) is 17.8 Å². The Balaban J connectivity index is 2.39. The van der Waals surface area contributed by atoms with Gasteiger partial charge in [0.2, 0.25) is 0 Å². The van der Waals surface area contributed by atoms with Gasteiger partial charge in [-0.05, 0) is 26.2 Å². The molecule has 9 heavy (non-hydrogen) atoms. The number of aliphatic hydroxyl groups excluding tert-OH is 1. The van der Waals surface area contributed by atoms with Crippen LogP contribution in [0.4, 0.5) is 0 Å². The second-order valence-corrected chi connectivity index (χ2v) is 2.77. The number of carbonyl (C=O) groups is 1. The van der Waals surface area contributed by atoms with Gasteiger partial charge in [0.1, 0.15) is 5.78 Å². The van der Waals surface area contributed by atoms with E-state index in [0.717, 1.165) is 12.8 Å². The van der Waals surface area contributed by atoms with Crippen LogP contribution in [0.15, 0.2) is 0 Å². The van der Waals surface area contributed by atoms with E-state index in [1.165, 1.54) is 0 Å². The topological polar surface area (TPSA) is 37.3 Å². The van der Waals surface area contributed by atoms with E-state index in [0.29, 0.717) is 6.42 Å². The van der Waals surface area contributed by atoms with Gasteiger partial charge in [0.15, 0.2) is 0 Å². The first kappa shape index (κ1) is 6.75. The van der Waals surface area contributed by atoms with E-state index in [1.807, 2.05) is 0 Å². The molecular formula is C7H12O2. The van der Waals surface area contributed by atoms with E-state index < -0.39 is 0 Å². The summed E-state index contributed by atoms with van der Waals surface area (Å²) in [6.45, 7) is 1.60. The molecule has 52 valence electrons. The fourth-order valence-corrected chi connectivity index (χ4v) is 1.33. The lowest BCUT2D eigenvalue weighted by atomic mass is 10.0. The summed E-state index contributed by atoms with van der Waals surface area (Å²) < 4.78 is 0. The van der Waals surface area contributed by atoms with Crippen LogP contribution in [0.3, 0.4) is 0 Å². The summed E-state index contributed by atoms with van der Waals surface area (Å²) in [5.74, 6) is 0.381. The molecule has 0 heterocycles. The van der Waals surface area contributed by atoms with Crippen LogP contribution in [-0.4, -0.2) is 17.0 Å². The molecule has 1 N–H and O–H groups in total. The minimum absolute atomic E-state index is 0.153. The maximum absolute atomic E-state index is 10.7. The highest BCUT2D eigenvalue weighted by Gasteiger charge is 2.25. The summed E-state index contributed by atoms with van der Waals surface area (Å²) in [6, 6.07) is 0. The minimum atomic E-state index is -0.209. The molecule has 2 heteroatoms. The second kappa shape index (κ2) is 2.48. The lowest BCUT2D eigenvalue weighted by Gasteiger charge is -2.01. The Morgan fingerprint density at radius 2 is 2.22 bits per heavy atom. The number of aliphatic hydroxyl groups is 1. The Bertz CT molecular complexity index is 120. The van der Waals surface area contributed by atoms with Crippen LogP contribution in [0, 0.1) is 5.92 Å². The SMILES string of the molecule is CC(=O)[C@H]1CCC(O)C1. The molecule has 2 nitrogen and oxygen atoms in total. The molecule has 1 unspecified atom stereocenters. The first-order valence-electron chi connectivity index (χ1n) is 3.38. The van der Waals surface area contributed by atoms with Crippen molar-refractivity contribution in [3.63, 3.8) is 0 Å². The number of hydrogen-bond donors (Lipinski definition) is 1. The van der Waals surface area contributed by atoms with E-state index in [1.54, 1.807) is 6.92 Å². The largest absolute Gasteiger partial charge is 0.393 e. The monoisotopic (exact) mass is 128 g/mol. The normalized spacial score (nSPS) is 34.9. The third-order valence-corrected chi connectivity index (χ3v) is 1.98. The number of rotatable bonds is 1. The lowest BCUT2D eigenvalue weighted by molar-refractivity contribution is -0.120. The summed E-state index contributed by atoms with van der Waals surface area (Å²) >= 11 is 0. The zero-order valence-corrected chi connectivity index (χ0v) is 5.63. The van der Waals surface area contributed by atoms with Crippen LogP contribution in [0.2, 0.25) is 0 Å². The van der Waals surface area contributed by atoms with Gasteiger partial charge in [-0.3, -0.25) is 4.79 Å². The quantitative estimate of drug-likeness (QED) is 0.565. The zero-order chi connectivity index (χ0) is 6.85. The summed E-state index contributed by atoms with van der Waals surface area (Å²) in [7, 11) is 0. The van der Waals surface area contributed by atoms with Crippen molar-refractivity contribution in [2.75, 3.05) is 0 Å². The molecule has 2 atom stereocenters. The van der Waals surface area contributed by atoms with Crippen molar-refractivity contribution in [1.29, 1.82) is 0 Å². The molecule has 0 saturated heterocycles. The van der Waals surface area contributed by atoms with Crippen LogP contribution in [0.1, 0.15) is 26.2 Å². The molecule has 0 amide bonds. The van der Waals surface area contributed by atoms with Crippen molar-refractivity contribution < 1.29 is 9.90 Å². The highest BCUT2D eigenvalue weighted by Crippen LogP contribution is 2.25. The van der Waals surface area contributed by atoms with Gasteiger partial charge in [-0.25, -0.2) is 0 Å². The number of carbonyl (C=O) groups excluding carboxylic acids is 1. The standard InChI is InChI=1S/C7H12O2/c1-5(8)6-2-3-7(9)4-6/h6-7,9H,2-4H2,1H3/t6-,7?/m0/s1. The van der Waals surface area contributed by atoms with Crippen molar-refractivity contribution in [2.24, 2.45) is 5.92 Å². The summed E-state index contributed by atoms with van der Waals surface area (Å²) in [5.41, 5.74) is 0. The van der Waals surface area contributed by atoms with Gasteiger partial charge in [0.25, 0.3) is 0 Å². The third kappa shape index (κ3) is 1.52. The van der Waals surface area contributed by atoms with Gasteiger partial charge in [0, 0.05) is 5.92 Å². The Hall–Kier alpha value is -0.370. The van der Waals surface area contributed by atoms with Gasteiger partial charge in [0.05, 0.1) is 6.10 Å². The van der Waals surface area contributed by atoms with Crippen molar-refractivity contribution in [3.05, 3.63) is 0 Å². The molecule has 0 bridgehead atoms. The highest BCUT2D eigenvalue weighted by molar-refractivity contribution is 5.78. The first-order chi connectivity index (χ1) is 4.20. The van der Waals surface area contributed by atoms with Crippen LogP contribution >= 0.6 is 0 Å². The predicted octanol–water partition coefficient (Wildman–Crippen LogP) is 0.736. The number of Topliss-reactive ketones (excluding diaryl/α,β-unsaturated/α-hetero) is 1. The molecular weight excluding hydrogens is 116 g/mol. The van der Waals surface area contributed by atoms with E-state index in [9.17, 15) is 4.79 Å². The van der Waals surface area contributed by atoms with Gasteiger partial charge >= 0.3 is 0 Å². The van der Waals surface area contributed by atoms with Crippen molar-refractivity contribution >= 4 is 5.78 Å². The molecule has 1 fully saturated rings. The van der Waals surface area contributed by atoms with Crippen LogP contribution in [0.5, 0.6) is 0 Å². The van der Waals surface area contributed by atoms with Gasteiger partial charge in [-0.1, -0.05) is 0 Å². The van der Waals surface area contributed by atoms with Gasteiger partial charge in [-0.2, -0.15) is 0 Å². The fraction of sp³-hybridized carbons (Fsp3) is 0.857. The van der Waals surface area contributed by atoms with E-state index in [2.05, 4.69) is 0 Å². The first-order valence-corrected chi connectivity index (χ1v) is 3.38. The predicted molar refractivity (Wildman–Crippen MR) is 34.0 cm³/mol. The Labute approximate surface area is 54.9 Å². The zero-order valence-electron chi connectivity index (χ0n) is 5.63. The average Bonchev–Trinajstić information content (AvgIpc) is 2.14. The average molecular weight is 128 g/mol. The van der Waals surface area contributed by atoms with Crippen LogP contribution < -0.4 is 0 Å². The molecule has 0 aromatic rings. The molecule has 0 aliphatic heterocycles. The molecule has 1 saturated carbocycles. The maximum atomic E-state index is 10.7.